The van der Waals surface area contributed by atoms with Gasteiger partial charge in [0.05, 0.1) is 11.2 Å². The molecule has 0 unspecified atom stereocenters. The molecule has 23 heavy (non-hydrogen) atoms. The van der Waals surface area contributed by atoms with Crippen molar-refractivity contribution in [1.82, 2.24) is 4.98 Å². The third-order valence-electron chi connectivity index (χ3n) is 3.52. The number of nitrogens with one attached hydrogen (secondary N) is 1. The second-order valence-corrected chi connectivity index (χ2v) is 7.06. The zero-order chi connectivity index (χ0) is 16.6. The van der Waals surface area contributed by atoms with Crippen molar-refractivity contribution in [1.29, 1.82) is 0 Å². The van der Waals surface area contributed by atoms with Gasteiger partial charge in [-0.2, -0.15) is 0 Å². The minimum absolute atomic E-state index is 0.0657. The molecule has 6 heteroatoms. The molecule has 0 atom stereocenters. The van der Waals surface area contributed by atoms with Crippen LogP contribution in [0.1, 0.15) is 11.1 Å². The summed E-state index contributed by atoms with van der Waals surface area (Å²) >= 11 is 0. The Morgan fingerprint density at radius 3 is 2.61 bits per heavy atom. The van der Waals surface area contributed by atoms with E-state index < -0.39 is 15.8 Å². The molecule has 1 heterocycles. The molecule has 0 bridgehead atoms. The summed E-state index contributed by atoms with van der Waals surface area (Å²) in [5.41, 5.74) is 1.96. The topological polar surface area (TPSA) is 59.1 Å². The number of aromatic nitrogens is 1. The second kappa shape index (κ2) is 5.62. The Kier molecular flexibility index (Phi) is 3.77. The monoisotopic (exact) mass is 330 g/mol. The molecule has 3 rings (SSSR count). The standard InChI is InChI=1S/C17H15FN2O2S/c1-11-8-13-4-3-5-16(17(13)19-10-11)23(21,22)20-14-7-6-12(2)15(18)9-14/h3-10,20H,1-2H3. The van der Waals surface area contributed by atoms with Crippen LogP contribution in [0.4, 0.5) is 10.1 Å². The van der Waals surface area contributed by atoms with Crippen LogP contribution < -0.4 is 4.72 Å². The Morgan fingerprint density at radius 1 is 1.09 bits per heavy atom. The molecule has 0 spiro atoms. The van der Waals surface area contributed by atoms with Gasteiger partial charge in [-0.1, -0.05) is 18.2 Å². The summed E-state index contributed by atoms with van der Waals surface area (Å²) in [6.45, 7) is 3.51. The smallest absolute Gasteiger partial charge is 0.264 e. The Morgan fingerprint density at radius 2 is 1.87 bits per heavy atom. The van der Waals surface area contributed by atoms with Crippen molar-refractivity contribution < 1.29 is 12.8 Å². The quantitative estimate of drug-likeness (QED) is 0.795. The fraction of sp³-hybridized carbons (Fsp3) is 0.118. The van der Waals surface area contributed by atoms with Crippen LogP contribution in [0.3, 0.4) is 0 Å². The molecule has 0 saturated heterocycles. The lowest BCUT2D eigenvalue weighted by molar-refractivity contribution is 0.601. The largest absolute Gasteiger partial charge is 0.279 e. The minimum atomic E-state index is -3.86. The Labute approximate surface area is 134 Å². The first-order chi connectivity index (χ1) is 10.9. The van der Waals surface area contributed by atoms with Crippen molar-refractivity contribution in [3.8, 4) is 0 Å². The van der Waals surface area contributed by atoms with E-state index in [1.54, 1.807) is 25.3 Å². The molecule has 0 fully saturated rings. The predicted molar refractivity (Wildman–Crippen MR) is 88.4 cm³/mol. The summed E-state index contributed by atoms with van der Waals surface area (Å²) in [4.78, 5) is 4.29. The van der Waals surface area contributed by atoms with Gasteiger partial charge >= 0.3 is 0 Å². The number of pyridine rings is 1. The third kappa shape index (κ3) is 3.03. The maximum absolute atomic E-state index is 13.6. The van der Waals surface area contributed by atoms with Gasteiger partial charge in [-0.15, -0.1) is 0 Å². The molecule has 4 nitrogen and oxygen atoms in total. The number of hydrogen-bond donors (Lipinski definition) is 1. The molecular weight excluding hydrogens is 315 g/mol. The molecule has 0 aliphatic rings. The predicted octanol–water partition coefficient (Wildman–Crippen LogP) is 3.79. The third-order valence-corrected chi connectivity index (χ3v) is 4.94. The van der Waals surface area contributed by atoms with Gasteiger partial charge in [0, 0.05) is 11.6 Å². The van der Waals surface area contributed by atoms with Crippen molar-refractivity contribution in [2.45, 2.75) is 18.7 Å². The highest BCUT2D eigenvalue weighted by Gasteiger charge is 2.18. The summed E-state index contributed by atoms with van der Waals surface area (Å²) < 4.78 is 41.3. The molecule has 3 aromatic rings. The zero-order valence-corrected chi connectivity index (χ0v) is 13.5. The molecule has 0 amide bonds. The van der Waals surface area contributed by atoms with Crippen LogP contribution in [0.15, 0.2) is 53.6 Å². The fourth-order valence-corrected chi connectivity index (χ4v) is 3.56. The lowest BCUT2D eigenvalue weighted by Crippen LogP contribution is -2.14. The van der Waals surface area contributed by atoms with Gasteiger partial charge in [-0.05, 0) is 49.2 Å². The van der Waals surface area contributed by atoms with Crippen LogP contribution in [0.2, 0.25) is 0 Å². The average Bonchev–Trinajstić information content (AvgIpc) is 2.49. The number of anilines is 1. The van der Waals surface area contributed by atoms with Crippen LogP contribution in [-0.4, -0.2) is 13.4 Å². The normalized spacial score (nSPS) is 11.6. The van der Waals surface area contributed by atoms with Crippen LogP contribution >= 0.6 is 0 Å². The number of rotatable bonds is 3. The van der Waals surface area contributed by atoms with Gasteiger partial charge in [0.1, 0.15) is 10.7 Å². The van der Waals surface area contributed by atoms with E-state index in [-0.39, 0.29) is 10.6 Å². The Bertz CT molecular complexity index is 1000. The van der Waals surface area contributed by atoms with Gasteiger partial charge in [0.15, 0.2) is 0 Å². The number of benzene rings is 2. The first-order valence-electron chi connectivity index (χ1n) is 7.01. The number of hydrogen-bond acceptors (Lipinski definition) is 3. The highest BCUT2D eigenvalue weighted by molar-refractivity contribution is 7.93. The zero-order valence-electron chi connectivity index (χ0n) is 12.7. The Balaban J connectivity index is 2.07. The minimum Gasteiger partial charge on any atom is -0.279 e. The molecule has 0 radical (unpaired) electrons. The van der Waals surface area contributed by atoms with Crippen molar-refractivity contribution in [2.75, 3.05) is 4.72 Å². The van der Waals surface area contributed by atoms with E-state index in [0.29, 0.717) is 11.1 Å². The van der Waals surface area contributed by atoms with Gasteiger partial charge in [0.2, 0.25) is 0 Å². The molecule has 1 N–H and O–H groups in total. The van der Waals surface area contributed by atoms with E-state index in [1.807, 2.05) is 13.0 Å². The highest BCUT2D eigenvalue weighted by atomic mass is 32.2. The van der Waals surface area contributed by atoms with Gasteiger partial charge < -0.3 is 0 Å². The number of fused-ring (bicyclic) bond motifs is 1. The van der Waals surface area contributed by atoms with Crippen molar-refractivity contribution in [2.24, 2.45) is 0 Å². The number of aryl methyl sites for hydroxylation is 2. The molecule has 118 valence electrons. The molecule has 0 aliphatic carbocycles. The van der Waals surface area contributed by atoms with E-state index >= 15 is 0 Å². The van der Waals surface area contributed by atoms with E-state index in [0.717, 1.165) is 17.0 Å². The first kappa shape index (κ1) is 15.4. The van der Waals surface area contributed by atoms with Crippen molar-refractivity contribution in [3.63, 3.8) is 0 Å². The molecule has 0 saturated carbocycles. The summed E-state index contributed by atoms with van der Waals surface area (Å²) in [7, 11) is -3.86. The van der Waals surface area contributed by atoms with E-state index in [2.05, 4.69) is 9.71 Å². The lowest BCUT2D eigenvalue weighted by Gasteiger charge is -2.11. The SMILES string of the molecule is Cc1cnc2c(S(=O)(=O)Nc3ccc(C)c(F)c3)cccc2c1. The highest BCUT2D eigenvalue weighted by Crippen LogP contribution is 2.24. The second-order valence-electron chi connectivity index (χ2n) is 5.41. The summed E-state index contributed by atoms with van der Waals surface area (Å²) in [5, 5.41) is 0.739. The summed E-state index contributed by atoms with van der Waals surface area (Å²) in [6.07, 6.45) is 1.62. The number of para-hydroxylation sites is 1. The number of nitrogens with zero attached hydrogens (tertiary/aromatic N) is 1. The van der Waals surface area contributed by atoms with Crippen molar-refractivity contribution in [3.05, 3.63) is 65.6 Å². The Hall–Kier alpha value is -2.47. The first-order valence-corrected chi connectivity index (χ1v) is 8.49. The fourth-order valence-electron chi connectivity index (χ4n) is 2.33. The van der Waals surface area contributed by atoms with Crippen LogP contribution in [0.5, 0.6) is 0 Å². The average molecular weight is 330 g/mol. The van der Waals surface area contributed by atoms with E-state index in [9.17, 15) is 12.8 Å². The maximum atomic E-state index is 13.6. The van der Waals surface area contributed by atoms with Crippen LogP contribution in [0.25, 0.3) is 10.9 Å². The molecular formula is C17H15FN2O2S. The summed E-state index contributed by atoms with van der Waals surface area (Å²) in [5.74, 6) is -0.461. The van der Waals surface area contributed by atoms with Crippen LogP contribution in [0, 0.1) is 19.7 Å². The van der Waals surface area contributed by atoms with Crippen molar-refractivity contribution >= 4 is 26.6 Å². The number of sulfonamides is 1. The summed E-state index contributed by atoms with van der Waals surface area (Å²) in [6, 6.07) is 11.0. The van der Waals surface area contributed by atoms with Gasteiger partial charge in [0.25, 0.3) is 10.0 Å². The van der Waals surface area contributed by atoms with Gasteiger partial charge in [-0.3, -0.25) is 9.71 Å². The molecule has 2 aromatic carbocycles. The molecule has 0 aliphatic heterocycles. The van der Waals surface area contributed by atoms with Gasteiger partial charge in [-0.25, -0.2) is 12.8 Å². The lowest BCUT2D eigenvalue weighted by atomic mass is 10.2. The number of halogens is 1. The molecule has 1 aromatic heterocycles. The maximum Gasteiger partial charge on any atom is 0.264 e. The van der Waals surface area contributed by atoms with E-state index in [1.165, 1.54) is 18.2 Å². The van der Waals surface area contributed by atoms with Crippen LogP contribution in [-0.2, 0) is 10.0 Å². The van der Waals surface area contributed by atoms with E-state index in [4.69, 9.17) is 0 Å².